The average Bonchev–Trinajstić information content (AvgIpc) is 3.19. The summed E-state index contributed by atoms with van der Waals surface area (Å²) >= 11 is 0. The number of nitrogens with one attached hydrogen (secondary N) is 1. The Kier molecular flexibility index (Phi) is 3.16. The highest BCUT2D eigenvalue weighted by atomic mass is 32.2. The predicted molar refractivity (Wildman–Crippen MR) is 72.4 cm³/mol. The van der Waals surface area contributed by atoms with Gasteiger partial charge >= 0.3 is 0 Å². The van der Waals surface area contributed by atoms with Crippen LogP contribution in [0, 0.1) is 0 Å². The molecular weight excluding hydrogens is 246 g/mol. The van der Waals surface area contributed by atoms with Crippen molar-refractivity contribution in [2.45, 2.75) is 48.4 Å². The maximum absolute atomic E-state index is 12.3. The van der Waals surface area contributed by atoms with Crippen LogP contribution in [0.2, 0.25) is 0 Å². The normalized spacial score (nSPS) is 30.9. The Balaban J connectivity index is 1.98. The first-order chi connectivity index (χ1) is 8.69. The van der Waals surface area contributed by atoms with Crippen LogP contribution in [0.4, 0.5) is 0 Å². The van der Waals surface area contributed by atoms with E-state index in [2.05, 4.69) is 12.2 Å². The van der Waals surface area contributed by atoms with E-state index in [0.29, 0.717) is 12.1 Å². The van der Waals surface area contributed by atoms with Crippen molar-refractivity contribution in [3.05, 3.63) is 23.8 Å². The van der Waals surface area contributed by atoms with E-state index >= 15 is 0 Å². The molecule has 1 fully saturated rings. The molecule has 3 atom stereocenters. The van der Waals surface area contributed by atoms with E-state index in [1.54, 1.807) is 7.11 Å². The van der Waals surface area contributed by atoms with Gasteiger partial charge in [-0.25, -0.2) is 0 Å². The van der Waals surface area contributed by atoms with Crippen LogP contribution < -0.4 is 10.1 Å². The highest BCUT2D eigenvalue weighted by Gasteiger charge is 2.33. The van der Waals surface area contributed by atoms with Gasteiger partial charge in [0.1, 0.15) is 5.75 Å². The first kappa shape index (κ1) is 12.2. The molecule has 3 unspecified atom stereocenters. The molecule has 0 bridgehead atoms. The molecule has 1 aromatic carbocycles. The zero-order chi connectivity index (χ0) is 12.7. The van der Waals surface area contributed by atoms with Gasteiger partial charge in [0.05, 0.1) is 17.9 Å². The smallest absolute Gasteiger partial charge is 0.119 e. The summed E-state index contributed by atoms with van der Waals surface area (Å²) in [7, 11) is 0.793. The van der Waals surface area contributed by atoms with Crippen LogP contribution in [0.3, 0.4) is 0 Å². The second-order valence-electron chi connectivity index (χ2n) is 5.24. The molecule has 4 heteroatoms. The fourth-order valence-electron chi connectivity index (χ4n) is 2.56. The number of benzene rings is 1. The second kappa shape index (κ2) is 4.67. The number of rotatable bonds is 3. The Morgan fingerprint density at radius 3 is 2.83 bits per heavy atom. The largest absolute Gasteiger partial charge is 0.497 e. The molecule has 1 aliphatic carbocycles. The zero-order valence-corrected chi connectivity index (χ0v) is 11.6. The number of ether oxygens (including phenoxy) is 1. The number of methoxy groups -OCH3 is 1. The lowest BCUT2D eigenvalue weighted by Crippen LogP contribution is -2.32. The molecule has 1 aromatic rings. The van der Waals surface area contributed by atoms with Crippen molar-refractivity contribution >= 4 is 10.8 Å². The van der Waals surface area contributed by atoms with Crippen molar-refractivity contribution in [3.63, 3.8) is 0 Å². The standard InChI is InChI=1S/C14H19NO2S/c1-9-7-13(15-10-3-4-10)12-8-11(17-2)5-6-14(12)18(9)16/h5-6,8-10,13,15H,3-4,7H2,1-2H3. The molecule has 18 heavy (non-hydrogen) atoms. The van der Waals surface area contributed by atoms with E-state index in [1.165, 1.54) is 12.8 Å². The van der Waals surface area contributed by atoms with Crippen LogP contribution in [0.1, 0.15) is 37.8 Å². The van der Waals surface area contributed by atoms with E-state index in [9.17, 15) is 4.21 Å². The Labute approximate surface area is 110 Å². The molecule has 0 saturated heterocycles. The Bertz CT molecular complexity index is 485. The van der Waals surface area contributed by atoms with Crippen LogP contribution in [0.25, 0.3) is 0 Å². The number of hydrogen-bond acceptors (Lipinski definition) is 3. The maximum Gasteiger partial charge on any atom is 0.119 e. The number of hydrogen-bond donors (Lipinski definition) is 1. The third kappa shape index (κ3) is 2.19. The Morgan fingerprint density at radius 2 is 2.17 bits per heavy atom. The van der Waals surface area contributed by atoms with Crippen LogP contribution in [-0.4, -0.2) is 22.6 Å². The summed E-state index contributed by atoms with van der Waals surface area (Å²) in [5.41, 5.74) is 1.16. The molecule has 0 amide bonds. The lowest BCUT2D eigenvalue weighted by Gasteiger charge is -2.30. The van der Waals surface area contributed by atoms with Crippen LogP contribution >= 0.6 is 0 Å². The van der Waals surface area contributed by atoms with Crippen LogP contribution in [0.5, 0.6) is 5.75 Å². The average molecular weight is 265 g/mol. The van der Waals surface area contributed by atoms with Gasteiger partial charge < -0.3 is 10.1 Å². The van der Waals surface area contributed by atoms with Gasteiger partial charge in [0.2, 0.25) is 0 Å². The molecule has 0 radical (unpaired) electrons. The SMILES string of the molecule is COc1ccc2c(c1)C(NC1CC1)CC(C)S2=O. The first-order valence-electron chi connectivity index (χ1n) is 6.53. The van der Waals surface area contributed by atoms with E-state index in [4.69, 9.17) is 4.74 Å². The van der Waals surface area contributed by atoms with Crippen molar-refractivity contribution in [1.29, 1.82) is 0 Å². The van der Waals surface area contributed by atoms with Crippen LogP contribution in [0.15, 0.2) is 23.1 Å². The lowest BCUT2D eigenvalue weighted by atomic mass is 10.0. The molecule has 0 spiro atoms. The first-order valence-corrected chi connectivity index (χ1v) is 7.75. The highest BCUT2D eigenvalue weighted by Crippen LogP contribution is 2.37. The molecular formula is C14H19NO2S. The fourth-order valence-corrected chi connectivity index (χ4v) is 4.00. The third-order valence-corrected chi connectivity index (χ3v) is 5.49. The summed E-state index contributed by atoms with van der Waals surface area (Å²) in [6.07, 6.45) is 3.49. The van der Waals surface area contributed by atoms with E-state index in [1.807, 2.05) is 18.2 Å². The quantitative estimate of drug-likeness (QED) is 0.912. The summed E-state index contributed by atoms with van der Waals surface area (Å²) < 4.78 is 17.6. The number of fused-ring (bicyclic) bond motifs is 1. The molecule has 1 saturated carbocycles. The minimum Gasteiger partial charge on any atom is -0.497 e. The summed E-state index contributed by atoms with van der Waals surface area (Å²) in [4.78, 5) is 0.979. The zero-order valence-electron chi connectivity index (χ0n) is 10.8. The molecule has 3 rings (SSSR count). The van der Waals surface area contributed by atoms with Gasteiger partial charge in [-0.3, -0.25) is 4.21 Å². The van der Waals surface area contributed by atoms with E-state index < -0.39 is 10.8 Å². The van der Waals surface area contributed by atoms with Crippen molar-refractivity contribution in [2.24, 2.45) is 0 Å². The molecule has 0 aromatic heterocycles. The second-order valence-corrected chi connectivity index (χ2v) is 7.08. The summed E-state index contributed by atoms with van der Waals surface area (Å²) in [5, 5.41) is 3.89. The topological polar surface area (TPSA) is 38.3 Å². The van der Waals surface area contributed by atoms with Crippen molar-refractivity contribution < 1.29 is 8.95 Å². The third-order valence-electron chi connectivity index (χ3n) is 3.76. The Morgan fingerprint density at radius 1 is 1.39 bits per heavy atom. The van der Waals surface area contributed by atoms with Crippen molar-refractivity contribution in [2.75, 3.05) is 7.11 Å². The van der Waals surface area contributed by atoms with Crippen molar-refractivity contribution in [3.8, 4) is 5.75 Å². The Hall–Kier alpha value is -0.870. The minimum absolute atomic E-state index is 0.224. The fraction of sp³-hybridized carbons (Fsp3) is 0.571. The summed E-state index contributed by atoms with van der Waals surface area (Å²) in [5.74, 6) is 0.850. The van der Waals surface area contributed by atoms with Gasteiger partial charge in [0.25, 0.3) is 0 Å². The predicted octanol–water partition coefficient (Wildman–Crippen LogP) is 2.39. The monoisotopic (exact) mass is 265 g/mol. The van der Waals surface area contributed by atoms with Gasteiger partial charge in [0, 0.05) is 22.2 Å². The van der Waals surface area contributed by atoms with E-state index in [-0.39, 0.29) is 5.25 Å². The van der Waals surface area contributed by atoms with Gasteiger partial charge in [-0.15, -0.1) is 0 Å². The summed E-state index contributed by atoms with van der Waals surface area (Å²) in [6.45, 7) is 2.07. The minimum atomic E-state index is -0.881. The van der Waals surface area contributed by atoms with Gasteiger partial charge in [-0.1, -0.05) is 6.92 Å². The van der Waals surface area contributed by atoms with Gasteiger partial charge in [-0.2, -0.15) is 0 Å². The molecule has 2 aliphatic rings. The molecule has 1 aliphatic heterocycles. The molecule has 1 heterocycles. The van der Waals surface area contributed by atoms with Gasteiger partial charge in [0.15, 0.2) is 0 Å². The highest BCUT2D eigenvalue weighted by molar-refractivity contribution is 7.85. The maximum atomic E-state index is 12.3. The lowest BCUT2D eigenvalue weighted by molar-refractivity contribution is 0.410. The molecule has 1 N–H and O–H groups in total. The summed E-state index contributed by atoms with van der Waals surface area (Å²) in [6, 6.07) is 6.90. The molecule has 98 valence electrons. The van der Waals surface area contributed by atoms with Crippen LogP contribution in [-0.2, 0) is 10.8 Å². The molecule has 3 nitrogen and oxygen atoms in total. The van der Waals surface area contributed by atoms with Gasteiger partial charge in [-0.05, 0) is 43.0 Å². The van der Waals surface area contributed by atoms with E-state index in [0.717, 1.165) is 22.6 Å². The van der Waals surface area contributed by atoms with Crippen molar-refractivity contribution in [1.82, 2.24) is 5.32 Å².